The monoisotopic (exact) mass is 425 g/mol. The molecule has 0 unspecified atom stereocenters. The van der Waals surface area contributed by atoms with Crippen LogP contribution in [0.15, 0.2) is 79.1 Å². The Morgan fingerprint density at radius 3 is 2.56 bits per heavy atom. The average Bonchev–Trinajstić information content (AvgIpc) is 3.27. The number of allylic oxidation sites excluding steroid dienone is 1. The van der Waals surface area contributed by atoms with Crippen LogP contribution in [0.4, 0.5) is 5.95 Å². The van der Waals surface area contributed by atoms with E-state index in [2.05, 4.69) is 20.4 Å². The van der Waals surface area contributed by atoms with Crippen LogP contribution in [0.25, 0.3) is 17.5 Å². The maximum atomic E-state index is 13.0. The number of rotatable bonds is 7. The molecular weight excluding hydrogens is 402 g/mol. The molecule has 0 fully saturated rings. The van der Waals surface area contributed by atoms with E-state index in [1.165, 1.54) is 16.3 Å². The molecule has 0 aliphatic heterocycles. The third-order valence-corrected chi connectivity index (χ3v) is 4.84. The van der Waals surface area contributed by atoms with Crippen molar-refractivity contribution >= 4 is 17.9 Å². The Balaban J connectivity index is 1.59. The largest absolute Gasteiger partial charge is 0.497 e. The van der Waals surface area contributed by atoms with Gasteiger partial charge in [0.05, 0.1) is 7.11 Å². The normalized spacial score (nSPS) is 10.9. The SMILES string of the molecule is COc1ccc(/C=C/C(=O)n2nc(-c3cccnc3)nc2NCc2ccc(C)cc2)cc1. The number of benzene rings is 2. The van der Waals surface area contributed by atoms with Crippen molar-refractivity contribution in [3.05, 3.63) is 95.8 Å². The lowest BCUT2D eigenvalue weighted by molar-refractivity contribution is 0.0957. The van der Waals surface area contributed by atoms with E-state index in [4.69, 9.17) is 4.74 Å². The number of nitrogens with one attached hydrogen (secondary N) is 1. The molecule has 160 valence electrons. The summed E-state index contributed by atoms with van der Waals surface area (Å²) in [4.78, 5) is 21.6. The first-order valence-corrected chi connectivity index (χ1v) is 10.2. The zero-order valence-electron chi connectivity index (χ0n) is 17.9. The van der Waals surface area contributed by atoms with Crippen LogP contribution in [0.1, 0.15) is 21.5 Å². The molecule has 0 amide bonds. The van der Waals surface area contributed by atoms with Crippen molar-refractivity contribution in [1.82, 2.24) is 19.7 Å². The van der Waals surface area contributed by atoms with Gasteiger partial charge in [-0.1, -0.05) is 42.0 Å². The van der Waals surface area contributed by atoms with Gasteiger partial charge >= 0.3 is 0 Å². The molecule has 0 saturated carbocycles. The number of hydrogen-bond donors (Lipinski definition) is 1. The fourth-order valence-electron chi connectivity index (χ4n) is 3.04. The number of pyridine rings is 1. The van der Waals surface area contributed by atoms with Gasteiger partial charge in [-0.15, -0.1) is 5.10 Å². The maximum Gasteiger partial charge on any atom is 0.274 e. The summed E-state index contributed by atoms with van der Waals surface area (Å²) in [6.07, 6.45) is 6.55. The molecule has 0 radical (unpaired) electrons. The highest BCUT2D eigenvalue weighted by Gasteiger charge is 2.16. The van der Waals surface area contributed by atoms with Gasteiger partial charge < -0.3 is 10.1 Å². The molecule has 2 aromatic carbocycles. The van der Waals surface area contributed by atoms with E-state index in [-0.39, 0.29) is 5.91 Å². The van der Waals surface area contributed by atoms with E-state index in [0.717, 1.165) is 22.4 Å². The first-order chi connectivity index (χ1) is 15.6. The van der Waals surface area contributed by atoms with Crippen LogP contribution >= 0.6 is 0 Å². The first-order valence-electron chi connectivity index (χ1n) is 10.2. The zero-order valence-corrected chi connectivity index (χ0v) is 17.9. The summed E-state index contributed by atoms with van der Waals surface area (Å²) in [5.74, 6) is 1.24. The van der Waals surface area contributed by atoms with E-state index in [0.29, 0.717) is 18.3 Å². The second kappa shape index (κ2) is 9.70. The number of hydrogen-bond acceptors (Lipinski definition) is 6. The number of ether oxygens (including phenoxy) is 1. The summed E-state index contributed by atoms with van der Waals surface area (Å²) in [6, 6.07) is 19.3. The Labute approximate surface area is 186 Å². The second-order valence-electron chi connectivity index (χ2n) is 7.20. The highest BCUT2D eigenvalue weighted by Crippen LogP contribution is 2.18. The van der Waals surface area contributed by atoms with Gasteiger partial charge in [0, 0.05) is 30.6 Å². The lowest BCUT2D eigenvalue weighted by Crippen LogP contribution is -2.14. The lowest BCUT2D eigenvalue weighted by Gasteiger charge is -2.06. The Morgan fingerprint density at radius 1 is 1.09 bits per heavy atom. The topological polar surface area (TPSA) is 81.9 Å². The molecule has 0 aliphatic rings. The van der Waals surface area contributed by atoms with Crippen LogP contribution in [0.3, 0.4) is 0 Å². The van der Waals surface area contributed by atoms with Gasteiger partial charge in [-0.2, -0.15) is 9.67 Å². The Kier molecular flexibility index (Phi) is 6.36. The predicted molar refractivity (Wildman–Crippen MR) is 124 cm³/mol. The number of carbonyl (C=O) groups excluding carboxylic acids is 1. The fourth-order valence-corrected chi connectivity index (χ4v) is 3.04. The van der Waals surface area contributed by atoms with Gasteiger partial charge in [-0.05, 0) is 48.4 Å². The maximum absolute atomic E-state index is 13.0. The molecule has 2 aromatic heterocycles. The lowest BCUT2D eigenvalue weighted by atomic mass is 10.1. The van der Waals surface area contributed by atoms with Crippen molar-refractivity contribution < 1.29 is 9.53 Å². The van der Waals surface area contributed by atoms with Crippen LogP contribution in [-0.2, 0) is 6.54 Å². The Hall–Kier alpha value is -4.26. The first kappa shape index (κ1) is 21.0. The van der Waals surface area contributed by atoms with Crippen LogP contribution in [0, 0.1) is 6.92 Å². The van der Waals surface area contributed by atoms with Crippen molar-refractivity contribution in [2.45, 2.75) is 13.5 Å². The predicted octanol–water partition coefficient (Wildman–Crippen LogP) is 4.62. The fraction of sp³-hybridized carbons (Fsp3) is 0.120. The third-order valence-electron chi connectivity index (χ3n) is 4.84. The smallest absolute Gasteiger partial charge is 0.274 e. The number of nitrogens with zero attached hydrogens (tertiary/aromatic N) is 4. The molecule has 32 heavy (non-hydrogen) atoms. The summed E-state index contributed by atoms with van der Waals surface area (Å²) < 4.78 is 6.44. The molecule has 7 nitrogen and oxygen atoms in total. The summed E-state index contributed by atoms with van der Waals surface area (Å²) in [6.45, 7) is 2.56. The average molecular weight is 425 g/mol. The van der Waals surface area contributed by atoms with E-state index in [1.54, 1.807) is 31.6 Å². The van der Waals surface area contributed by atoms with Gasteiger partial charge in [-0.25, -0.2) is 0 Å². The van der Waals surface area contributed by atoms with Crippen molar-refractivity contribution in [2.75, 3.05) is 12.4 Å². The molecule has 2 heterocycles. The number of methoxy groups -OCH3 is 1. The van der Waals surface area contributed by atoms with Crippen LogP contribution in [-0.4, -0.2) is 32.8 Å². The quantitative estimate of drug-likeness (QED) is 0.435. The van der Waals surface area contributed by atoms with Gasteiger partial charge in [-0.3, -0.25) is 9.78 Å². The second-order valence-corrected chi connectivity index (χ2v) is 7.20. The molecule has 0 atom stereocenters. The van der Waals surface area contributed by atoms with Gasteiger partial charge in [0.15, 0.2) is 5.82 Å². The summed E-state index contributed by atoms with van der Waals surface area (Å²) in [7, 11) is 1.62. The number of anilines is 1. The minimum absolute atomic E-state index is 0.310. The van der Waals surface area contributed by atoms with Crippen LogP contribution in [0.2, 0.25) is 0 Å². The van der Waals surface area contributed by atoms with Crippen LogP contribution in [0.5, 0.6) is 5.75 Å². The molecule has 0 aliphatic carbocycles. The van der Waals surface area contributed by atoms with Crippen LogP contribution < -0.4 is 10.1 Å². The number of aromatic nitrogens is 4. The molecular formula is C25H23N5O2. The van der Waals surface area contributed by atoms with E-state index >= 15 is 0 Å². The van der Waals surface area contributed by atoms with Gasteiger partial charge in [0.2, 0.25) is 5.95 Å². The molecule has 0 bridgehead atoms. The van der Waals surface area contributed by atoms with E-state index in [9.17, 15) is 4.79 Å². The molecule has 4 aromatic rings. The number of aryl methyl sites for hydroxylation is 1. The highest BCUT2D eigenvalue weighted by molar-refractivity contribution is 5.94. The van der Waals surface area contributed by atoms with Gasteiger partial charge in [0.1, 0.15) is 5.75 Å². The van der Waals surface area contributed by atoms with Crippen molar-refractivity contribution in [2.24, 2.45) is 0 Å². The zero-order chi connectivity index (χ0) is 22.3. The summed E-state index contributed by atoms with van der Waals surface area (Å²) in [5, 5.41) is 7.66. The molecule has 0 saturated heterocycles. The molecule has 7 heteroatoms. The van der Waals surface area contributed by atoms with Gasteiger partial charge in [0.25, 0.3) is 5.91 Å². The van der Waals surface area contributed by atoms with Crippen molar-refractivity contribution in [3.8, 4) is 17.1 Å². The molecule has 4 rings (SSSR count). The Morgan fingerprint density at radius 2 is 1.88 bits per heavy atom. The number of carbonyl (C=O) groups is 1. The van der Waals surface area contributed by atoms with Crippen molar-refractivity contribution in [3.63, 3.8) is 0 Å². The standard InChI is InChI=1S/C25H23N5O2/c1-18-5-7-20(8-6-18)16-27-25-28-24(21-4-3-15-26-17-21)29-30(25)23(31)14-11-19-9-12-22(32-2)13-10-19/h3-15,17H,16H2,1-2H3,(H,27,28,29)/b14-11+. The van der Waals surface area contributed by atoms with E-state index in [1.807, 2.05) is 61.5 Å². The summed E-state index contributed by atoms with van der Waals surface area (Å²) in [5.41, 5.74) is 3.88. The third kappa shape index (κ3) is 5.07. The minimum atomic E-state index is -0.310. The highest BCUT2D eigenvalue weighted by atomic mass is 16.5. The van der Waals surface area contributed by atoms with Crippen molar-refractivity contribution in [1.29, 1.82) is 0 Å². The Bertz CT molecular complexity index is 1210. The summed E-state index contributed by atoms with van der Waals surface area (Å²) >= 11 is 0. The van der Waals surface area contributed by atoms with E-state index < -0.39 is 0 Å². The molecule has 0 spiro atoms. The minimum Gasteiger partial charge on any atom is -0.497 e. The molecule has 1 N–H and O–H groups in total.